The lowest BCUT2D eigenvalue weighted by Crippen LogP contribution is -2.49. The topological polar surface area (TPSA) is 71.1 Å². The van der Waals surface area contributed by atoms with E-state index in [0.717, 1.165) is 19.3 Å². The number of amides is 2. The smallest absolute Gasteiger partial charge is 0.260 e. The molecule has 2 aliphatic heterocycles. The molecule has 2 heterocycles. The average molecular weight is 470 g/mol. The number of nitrogens with one attached hydrogen (secondary N) is 1. The van der Waals surface area contributed by atoms with Crippen LogP contribution in [0.2, 0.25) is 0 Å². The fourth-order valence-corrected chi connectivity index (χ4v) is 4.68. The number of likely N-dealkylation sites (tertiary alicyclic amines) is 1. The molecule has 8 heteroatoms. The molecule has 0 bridgehead atoms. The standard InChI is InChI=1S/C26H32FN3O4/c1-18-4-3-5-19(2)30(18)25(31)17-34-22-9-6-20(7-10-22)26(32)28-21-8-11-24(23(27)16-21)29-12-14-33-15-13-29/h6-11,16,18-19H,3-5,12-15,17H2,1-2H3,(H,28,32). The lowest BCUT2D eigenvalue weighted by Gasteiger charge is -2.38. The molecule has 34 heavy (non-hydrogen) atoms. The van der Waals surface area contributed by atoms with Crippen LogP contribution in [0.25, 0.3) is 0 Å². The predicted octanol–water partition coefficient (Wildman–Crippen LogP) is 4.08. The molecule has 2 aromatic rings. The molecule has 2 unspecified atom stereocenters. The van der Waals surface area contributed by atoms with Crippen molar-refractivity contribution < 1.29 is 23.5 Å². The van der Waals surface area contributed by atoms with Gasteiger partial charge in [0.05, 0.1) is 18.9 Å². The van der Waals surface area contributed by atoms with Crippen molar-refractivity contribution in [3.8, 4) is 5.75 Å². The summed E-state index contributed by atoms with van der Waals surface area (Å²) in [7, 11) is 0. The van der Waals surface area contributed by atoms with E-state index in [-0.39, 0.29) is 36.3 Å². The number of nitrogens with zero attached hydrogens (tertiary/aromatic N) is 2. The Hall–Kier alpha value is -3.13. The Morgan fingerprint density at radius 1 is 1.06 bits per heavy atom. The Morgan fingerprint density at radius 2 is 1.74 bits per heavy atom. The number of ether oxygens (including phenoxy) is 2. The molecule has 1 N–H and O–H groups in total. The SMILES string of the molecule is CC1CCCC(C)N1C(=O)COc1ccc(C(=O)Nc2ccc(N3CCOCC3)c(F)c2)cc1. The van der Waals surface area contributed by atoms with Crippen LogP contribution in [-0.4, -0.2) is 61.7 Å². The first kappa shape index (κ1) is 24.0. The number of piperidine rings is 1. The fraction of sp³-hybridized carbons (Fsp3) is 0.462. The van der Waals surface area contributed by atoms with Gasteiger partial charge in [-0.1, -0.05) is 0 Å². The Bertz CT molecular complexity index is 998. The largest absolute Gasteiger partial charge is 0.484 e. The van der Waals surface area contributed by atoms with Crippen LogP contribution in [0.4, 0.5) is 15.8 Å². The number of anilines is 2. The lowest BCUT2D eigenvalue weighted by molar-refractivity contribution is -0.139. The molecule has 0 saturated carbocycles. The minimum Gasteiger partial charge on any atom is -0.484 e. The van der Waals surface area contributed by atoms with Gasteiger partial charge in [-0.15, -0.1) is 0 Å². The third-order valence-corrected chi connectivity index (χ3v) is 6.52. The first-order valence-electron chi connectivity index (χ1n) is 11.9. The highest BCUT2D eigenvalue weighted by atomic mass is 19.1. The van der Waals surface area contributed by atoms with E-state index in [9.17, 15) is 14.0 Å². The first-order chi connectivity index (χ1) is 16.4. The van der Waals surface area contributed by atoms with Crippen molar-refractivity contribution in [2.45, 2.75) is 45.2 Å². The number of morpholine rings is 1. The summed E-state index contributed by atoms with van der Waals surface area (Å²) in [5, 5.41) is 2.73. The zero-order chi connectivity index (χ0) is 24.1. The summed E-state index contributed by atoms with van der Waals surface area (Å²) < 4.78 is 25.6. The monoisotopic (exact) mass is 469 g/mol. The van der Waals surface area contributed by atoms with Crippen LogP contribution in [0.1, 0.15) is 43.5 Å². The molecule has 7 nitrogen and oxygen atoms in total. The van der Waals surface area contributed by atoms with Crippen molar-refractivity contribution >= 4 is 23.2 Å². The lowest BCUT2D eigenvalue weighted by atomic mass is 9.97. The van der Waals surface area contributed by atoms with Crippen LogP contribution < -0.4 is 15.0 Å². The maximum atomic E-state index is 14.6. The van der Waals surface area contributed by atoms with Crippen molar-refractivity contribution in [2.75, 3.05) is 43.1 Å². The third kappa shape index (κ3) is 5.67. The van der Waals surface area contributed by atoms with E-state index in [2.05, 4.69) is 19.2 Å². The quantitative estimate of drug-likeness (QED) is 0.690. The molecule has 2 aliphatic rings. The Kier molecular flexibility index (Phi) is 7.67. The molecule has 2 fully saturated rings. The van der Waals surface area contributed by atoms with Crippen LogP contribution in [0.15, 0.2) is 42.5 Å². The number of halogens is 1. The van der Waals surface area contributed by atoms with E-state index in [4.69, 9.17) is 9.47 Å². The van der Waals surface area contributed by atoms with Gasteiger partial charge in [0.2, 0.25) is 0 Å². The van der Waals surface area contributed by atoms with Crippen molar-refractivity contribution in [3.05, 3.63) is 53.8 Å². The average Bonchev–Trinajstić information content (AvgIpc) is 2.83. The highest BCUT2D eigenvalue weighted by Crippen LogP contribution is 2.25. The molecular formula is C26H32FN3O4. The second kappa shape index (κ2) is 10.9. The molecule has 0 aromatic heterocycles. The second-order valence-corrected chi connectivity index (χ2v) is 8.96. The molecular weight excluding hydrogens is 437 g/mol. The number of rotatable bonds is 6. The van der Waals surface area contributed by atoms with E-state index in [1.54, 1.807) is 36.4 Å². The van der Waals surface area contributed by atoms with E-state index in [1.165, 1.54) is 6.07 Å². The summed E-state index contributed by atoms with van der Waals surface area (Å²) in [6, 6.07) is 11.7. The van der Waals surface area contributed by atoms with Gasteiger partial charge >= 0.3 is 0 Å². The summed E-state index contributed by atoms with van der Waals surface area (Å²) in [5.41, 5.74) is 1.30. The maximum absolute atomic E-state index is 14.6. The van der Waals surface area contributed by atoms with Crippen LogP contribution in [-0.2, 0) is 9.53 Å². The highest BCUT2D eigenvalue weighted by molar-refractivity contribution is 6.04. The van der Waals surface area contributed by atoms with Gasteiger partial charge in [-0.3, -0.25) is 9.59 Å². The summed E-state index contributed by atoms with van der Waals surface area (Å²) in [5.74, 6) is -0.241. The number of benzene rings is 2. The molecule has 2 amide bonds. The zero-order valence-electron chi connectivity index (χ0n) is 19.8. The highest BCUT2D eigenvalue weighted by Gasteiger charge is 2.29. The van der Waals surface area contributed by atoms with Crippen LogP contribution in [0, 0.1) is 5.82 Å². The van der Waals surface area contributed by atoms with Gasteiger partial charge in [-0.2, -0.15) is 0 Å². The Balaban J connectivity index is 1.31. The maximum Gasteiger partial charge on any atom is 0.260 e. The van der Waals surface area contributed by atoms with Crippen molar-refractivity contribution in [2.24, 2.45) is 0 Å². The van der Waals surface area contributed by atoms with Gasteiger partial charge in [-0.05, 0) is 75.6 Å². The van der Waals surface area contributed by atoms with Crippen molar-refractivity contribution in [3.63, 3.8) is 0 Å². The summed E-state index contributed by atoms with van der Waals surface area (Å²) >= 11 is 0. The van der Waals surface area contributed by atoms with E-state index in [0.29, 0.717) is 49.0 Å². The van der Waals surface area contributed by atoms with Gasteiger partial charge in [-0.25, -0.2) is 4.39 Å². The number of carbonyl (C=O) groups is 2. The molecule has 2 saturated heterocycles. The molecule has 0 spiro atoms. The fourth-order valence-electron chi connectivity index (χ4n) is 4.68. The minimum atomic E-state index is -0.384. The summed E-state index contributed by atoms with van der Waals surface area (Å²) in [6.45, 7) is 6.53. The van der Waals surface area contributed by atoms with Gasteiger partial charge in [0.1, 0.15) is 11.6 Å². The third-order valence-electron chi connectivity index (χ3n) is 6.52. The number of hydrogen-bond donors (Lipinski definition) is 1. The van der Waals surface area contributed by atoms with E-state index < -0.39 is 0 Å². The normalized spacial score (nSPS) is 20.7. The predicted molar refractivity (Wildman–Crippen MR) is 129 cm³/mol. The van der Waals surface area contributed by atoms with Gasteiger partial charge in [0, 0.05) is 36.4 Å². The Labute approximate surface area is 199 Å². The number of hydrogen-bond acceptors (Lipinski definition) is 5. The van der Waals surface area contributed by atoms with Gasteiger partial charge in [0.15, 0.2) is 6.61 Å². The van der Waals surface area contributed by atoms with Crippen LogP contribution in [0.5, 0.6) is 5.75 Å². The van der Waals surface area contributed by atoms with Crippen LogP contribution in [0.3, 0.4) is 0 Å². The van der Waals surface area contributed by atoms with Crippen molar-refractivity contribution in [1.82, 2.24) is 4.90 Å². The summed E-state index contributed by atoms with van der Waals surface area (Å²) in [4.78, 5) is 29.1. The Morgan fingerprint density at radius 3 is 2.38 bits per heavy atom. The molecule has 0 aliphatic carbocycles. The molecule has 4 rings (SSSR count). The molecule has 0 radical (unpaired) electrons. The molecule has 182 valence electrons. The molecule has 2 aromatic carbocycles. The van der Waals surface area contributed by atoms with Gasteiger partial charge in [0.25, 0.3) is 11.8 Å². The number of carbonyl (C=O) groups excluding carboxylic acids is 2. The molecule has 2 atom stereocenters. The minimum absolute atomic E-state index is 0.0240. The van der Waals surface area contributed by atoms with E-state index >= 15 is 0 Å². The second-order valence-electron chi connectivity index (χ2n) is 8.96. The van der Waals surface area contributed by atoms with Crippen molar-refractivity contribution in [1.29, 1.82) is 0 Å². The summed E-state index contributed by atoms with van der Waals surface area (Å²) in [6.07, 6.45) is 3.17. The zero-order valence-corrected chi connectivity index (χ0v) is 19.8. The van der Waals surface area contributed by atoms with Gasteiger partial charge < -0.3 is 24.6 Å². The first-order valence-corrected chi connectivity index (χ1v) is 11.9. The van der Waals surface area contributed by atoms with E-state index in [1.807, 2.05) is 9.80 Å². The van der Waals surface area contributed by atoms with Crippen LogP contribution >= 0.6 is 0 Å².